The number of hydrogen-bond donors (Lipinski definition) is 0. The van der Waals surface area contributed by atoms with Gasteiger partial charge in [-0.3, -0.25) is 9.69 Å². The predicted octanol–water partition coefficient (Wildman–Crippen LogP) is 2.82. The van der Waals surface area contributed by atoms with E-state index in [4.69, 9.17) is 4.74 Å². The van der Waals surface area contributed by atoms with Crippen molar-refractivity contribution in [2.45, 2.75) is 25.0 Å². The summed E-state index contributed by atoms with van der Waals surface area (Å²) in [4.78, 5) is 26.5. The Morgan fingerprint density at radius 1 is 1.41 bits per heavy atom. The maximum atomic E-state index is 12.5. The van der Waals surface area contributed by atoms with Gasteiger partial charge in [-0.05, 0) is 25.1 Å². The second-order valence-electron chi connectivity index (χ2n) is 5.76. The molecule has 1 spiro atoms. The summed E-state index contributed by atoms with van der Waals surface area (Å²) in [5, 5.41) is 0. The monoisotopic (exact) mass is 338 g/mol. The van der Waals surface area contributed by atoms with Gasteiger partial charge in [0.05, 0.1) is 6.54 Å². The average Bonchev–Trinajstić information content (AvgIpc) is 2.97. The molecule has 0 aromatic heterocycles. The minimum Gasteiger partial charge on any atom is -0.445 e. The Labute approximate surface area is 133 Å². The first-order valence-corrected chi connectivity index (χ1v) is 10.7. The lowest BCUT2D eigenvalue weighted by Gasteiger charge is -2.51. The molecule has 0 saturated carbocycles. The average molecular weight is 338 g/mol. The molecule has 0 bridgehead atoms. The summed E-state index contributed by atoms with van der Waals surface area (Å²) in [7, 11) is 2.17. The highest BCUT2D eigenvalue weighted by Gasteiger charge is 2.60. The van der Waals surface area contributed by atoms with Crippen molar-refractivity contribution in [2.24, 2.45) is 0 Å². The van der Waals surface area contributed by atoms with E-state index in [0.29, 0.717) is 13.1 Å². The largest absolute Gasteiger partial charge is 0.445 e. The van der Waals surface area contributed by atoms with Crippen LogP contribution in [0.5, 0.6) is 0 Å². The van der Waals surface area contributed by atoms with E-state index in [1.54, 1.807) is 4.90 Å². The van der Waals surface area contributed by atoms with Crippen LogP contribution < -0.4 is 0 Å². The van der Waals surface area contributed by atoms with Crippen LogP contribution >= 0.6 is 16.7 Å². The van der Waals surface area contributed by atoms with Crippen molar-refractivity contribution in [2.75, 3.05) is 19.8 Å². The SMILES string of the molecule is CP(P)N1CC2(CCCN2C(=O)OCc2ccccc2)C1=O. The van der Waals surface area contributed by atoms with Crippen LogP contribution in [0.15, 0.2) is 30.3 Å². The number of amides is 2. The van der Waals surface area contributed by atoms with Crippen LogP contribution in [0, 0.1) is 0 Å². The Morgan fingerprint density at radius 2 is 2.14 bits per heavy atom. The number of hydrogen-bond acceptors (Lipinski definition) is 3. The molecule has 22 heavy (non-hydrogen) atoms. The van der Waals surface area contributed by atoms with Crippen molar-refractivity contribution in [3.8, 4) is 0 Å². The van der Waals surface area contributed by atoms with E-state index in [2.05, 4.69) is 8.93 Å². The molecular weight excluding hydrogens is 318 g/mol. The third kappa shape index (κ3) is 2.61. The van der Waals surface area contributed by atoms with Crippen molar-refractivity contribution in [3.05, 3.63) is 35.9 Å². The second-order valence-corrected chi connectivity index (χ2v) is 9.64. The van der Waals surface area contributed by atoms with Crippen molar-refractivity contribution in [1.29, 1.82) is 0 Å². The molecule has 5 nitrogen and oxygen atoms in total. The molecule has 0 radical (unpaired) electrons. The van der Waals surface area contributed by atoms with Gasteiger partial charge < -0.3 is 9.41 Å². The summed E-state index contributed by atoms with van der Waals surface area (Å²) in [6.45, 7) is 3.51. The topological polar surface area (TPSA) is 49.9 Å². The van der Waals surface area contributed by atoms with Gasteiger partial charge in [0.25, 0.3) is 5.91 Å². The van der Waals surface area contributed by atoms with E-state index in [-0.39, 0.29) is 18.6 Å². The first-order chi connectivity index (χ1) is 10.5. The highest BCUT2D eigenvalue weighted by Crippen LogP contribution is 2.54. The minimum atomic E-state index is -0.638. The number of β-lactam (4-membered cyclic amide) rings is 1. The Balaban J connectivity index is 1.64. The van der Waals surface area contributed by atoms with Crippen molar-refractivity contribution < 1.29 is 14.3 Å². The van der Waals surface area contributed by atoms with E-state index in [1.165, 1.54) is 0 Å². The standard InChI is InChI=1S/C15H20N2O3P2/c1-22(21)17-11-15(13(17)18)8-5-9-16(15)14(19)20-10-12-6-3-2-4-7-12/h2-4,6-7H,5,8-11,21H2,1H3. The Bertz CT molecular complexity index is 581. The first kappa shape index (κ1) is 15.7. The van der Waals surface area contributed by atoms with Gasteiger partial charge in [0.1, 0.15) is 12.1 Å². The molecule has 2 aliphatic heterocycles. The minimum absolute atomic E-state index is 0.0743. The zero-order valence-electron chi connectivity index (χ0n) is 12.6. The number of carbonyl (C=O) groups is 2. The molecule has 3 atom stereocenters. The summed E-state index contributed by atoms with van der Waals surface area (Å²) in [5.41, 5.74) is 0.314. The molecule has 2 saturated heterocycles. The van der Waals surface area contributed by atoms with Crippen LogP contribution in [0.3, 0.4) is 0 Å². The van der Waals surface area contributed by atoms with Crippen LogP contribution in [0.25, 0.3) is 0 Å². The smallest absolute Gasteiger partial charge is 0.411 e. The van der Waals surface area contributed by atoms with Crippen molar-refractivity contribution in [3.63, 3.8) is 0 Å². The van der Waals surface area contributed by atoms with Crippen molar-refractivity contribution >= 4 is 28.7 Å². The zero-order valence-corrected chi connectivity index (χ0v) is 14.6. The van der Waals surface area contributed by atoms with Gasteiger partial charge in [-0.2, -0.15) is 0 Å². The van der Waals surface area contributed by atoms with Gasteiger partial charge in [-0.15, -0.1) is 0 Å². The van der Waals surface area contributed by atoms with E-state index in [9.17, 15) is 9.59 Å². The fourth-order valence-corrected chi connectivity index (χ4v) is 4.61. The molecule has 0 N–H and O–H groups in total. The highest BCUT2D eigenvalue weighted by molar-refractivity contribution is 8.12. The molecule has 2 heterocycles. The summed E-state index contributed by atoms with van der Waals surface area (Å²) in [6.07, 6.45) is 1.23. The zero-order chi connectivity index (χ0) is 15.7. The van der Waals surface area contributed by atoms with Gasteiger partial charge >= 0.3 is 6.09 Å². The van der Waals surface area contributed by atoms with Crippen LogP contribution in [0.1, 0.15) is 18.4 Å². The van der Waals surface area contributed by atoms with E-state index in [0.717, 1.165) is 18.4 Å². The fraction of sp³-hybridized carbons (Fsp3) is 0.467. The maximum Gasteiger partial charge on any atom is 0.411 e. The molecule has 2 fully saturated rings. The lowest BCUT2D eigenvalue weighted by atomic mass is 9.88. The Kier molecular flexibility index (Phi) is 4.38. The Morgan fingerprint density at radius 3 is 2.77 bits per heavy atom. The fourth-order valence-electron chi connectivity index (χ4n) is 3.12. The van der Waals surface area contributed by atoms with Crippen molar-refractivity contribution in [1.82, 2.24) is 9.57 Å². The summed E-state index contributed by atoms with van der Waals surface area (Å²) in [6, 6.07) is 9.59. The molecule has 2 amide bonds. The predicted molar refractivity (Wildman–Crippen MR) is 89.6 cm³/mol. The lowest BCUT2D eigenvalue weighted by molar-refractivity contribution is -0.150. The maximum absolute atomic E-state index is 12.5. The van der Waals surface area contributed by atoms with E-state index >= 15 is 0 Å². The summed E-state index contributed by atoms with van der Waals surface area (Å²) < 4.78 is 7.25. The molecule has 118 valence electrons. The first-order valence-electron chi connectivity index (χ1n) is 7.33. The van der Waals surface area contributed by atoms with E-state index in [1.807, 2.05) is 41.7 Å². The normalized spacial score (nSPS) is 25.3. The number of rotatable bonds is 3. The number of ether oxygens (including phenoxy) is 1. The van der Waals surface area contributed by atoms with Gasteiger partial charge in [-0.25, -0.2) is 4.79 Å². The third-order valence-electron chi connectivity index (χ3n) is 4.34. The van der Waals surface area contributed by atoms with Crippen LogP contribution in [-0.4, -0.2) is 46.9 Å². The summed E-state index contributed by atoms with van der Waals surface area (Å²) >= 11 is 0. The molecule has 3 unspecified atom stereocenters. The summed E-state index contributed by atoms with van der Waals surface area (Å²) in [5.74, 6) is 0.0743. The van der Waals surface area contributed by atoms with Gasteiger partial charge in [0.2, 0.25) is 0 Å². The molecule has 2 aliphatic rings. The van der Waals surface area contributed by atoms with Gasteiger partial charge in [-0.1, -0.05) is 39.3 Å². The Hall–Kier alpha value is -1.18. The van der Waals surface area contributed by atoms with Gasteiger partial charge in [0.15, 0.2) is 0 Å². The van der Waals surface area contributed by atoms with Gasteiger partial charge in [0, 0.05) is 14.3 Å². The van der Waals surface area contributed by atoms with Crippen LogP contribution in [0.4, 0.5) is 4.79 Å². The number of nitrogens with zero attached hydrogens (tertiary/aromatic N) is 2. The van der Waals surface area contributed by atoms with Crippen LogP contribution in [0.2, 0.25) is 0 Å². The molecule has 1 aromatic rings. The van der Waals surface area contributed by atoms with Crippen LogP contribution in [-0.2, 0) is 16.1 Å². The third-order valence-corrected chi connectivity index (χ3v) is 6.26. The number of carbonyl (C=O) groups excluding carboxylic acids is 2. The molecule has 7 heteroatoms. The number of likely N-dealkylation sites (tertiary alicyclic amines) is 1. The quantitative estimate of drug-likeness (QED) is 0.629. The molecule has 3 rings (SSSR count). The molecular formula is C15H20N2O3P2. The molecule has 1 aromatic carbocycles. The number of benzene rings is 1. The lowest BCUT2D eigenvalue weighted by Crippen LogP contribution is -2.70. The second kappa shape index (κ2) is 6.14. The van der Waals surface area contributed by atoms with E-state index < -0.39 is 13.3 Å². The highest BCUT2D eigenvalue weighted by atomic mass is 32.0. The molecule has 0 aliphatic carbocycles.